The van der Waals surface area contributed by atoms with Crippen LogP contribution in [0.25, 0.3) is 17.0 Å². The van der Waals surface area contributed by atoms with Crippen LogP contribution in [-0.4, -0.2) is 28.8 Å². The van der Waals surface area contributed by atoms with Gasteiger partial charge in [-0.3, -0.25) is 0 Å². The first kappa shape index (κ1) is 20.1. The summed E-state index contributed by atoms with van der Waals surface area (Å²) in [6, 6.07) is 10.8. The number of hydrogen-bond donors (Lipinski definition) is 1. The van der Waals surface area contributed by atoms with E-state index in [9.17, 15) is 4.79 Å². The number of nitrogens with zero attached hydrogens (tertiary/aromatic N) is 3. The number of benzene rings is 2. The molecule has 0 saturated heterocycles. The molecule has 0 saturated carbocycles. The number of ether oxygens (including phenoxy) is 2. The topological polar surface area (TPSA) is 90.6 Å². The van der Waals surface area contributed by atoms with Crippen molar-refractivity contribution in [3.8, 4) is 5.75 Å². The molecule has 1 heterocycles. The average Bonchev–Trinajstić information content (AvgIpc) is 2.67. The Balaban J connectivity index is 2.24. The molecule has 3 aromatic rings. The highest BCUT2D eigenvalue weighted by Crippen LogP contribution is 2.35. The monoisotopic (exact) mass is 392 g/mol. The van der Waals surface area contributed by atoms with Crippen LogP contribution >= 0.6 is 0 Å². The Morgan fingerprint density at radius 3 is 2.62 bits per heavy atom. The van der Waals surface area contributed by atoms with Gasteiger partial charge in [0.1, 0.15) is 17.7 Å². The van der Waals surface area contributed by atoms with Crippen LogP contribution in [0.2, 0.25) is 0 Å². The number of fused-ring (bicyclic) bond motifs is 1. The lowest BCUT2D eigenvalue weighted by Crippen LogP contribution is -2.34. The van der Waals surface area contributed by atoms with E-state index in [4.69, 9.17) is 15.2 Å². The summed E-state index contributed by atoms with van der Waals surface area (Å²) >= 11 is 0. The predicted octanol–water partition coefficient (Wildman–Crippen LogP) is 4.94. The first-order valence-corrected chi connectivity index (χ1v) is 9.07. The fraction of sp³-hybridized carbons (Fsp3) is 0.227. The first-order chi connectivity index (χ1) is 13.7. The zero-order chi connectivity index (χ0) is 21.2. The van der Waals surface area contributed by atoms with E-state index in [1.54, 1.807) is 24.3 Å². The molecule has 150 valence electrons. The van der Waals surface area contributed by atoms with Crippen molar-refractivity contribution in [3.05, 3.63) is 54.9 Å². The number of aromatic nitrogens is 2. The van der Waals surface area contributed by atoms with E-state index >= 15 is 0 Å². The molecule has 3 rings (SSSR count). The van der Waals surface area contributed by atoms with E-state index in [0.29, 0.717) is 33.8 Å². The van der Waals surface area contributed by atoms with Crippen LogP contribution in [0, 0.1) is 0 Å². The molecular weight excluding hydrogens is 368 g/mol. The zero-order valence-corrected chi connectivity index (χ0v) is 17.0. The van der Waals surface area contributed by atoms with Gasteiger partial charge in [-0.05, 0) is 44.5 Å². The summed E-state index contributed by atoms with van der Waals surface area (Å²) in [7, 11) is 1.54. The van der Waals surface area contributed by atoms with Crippen molar-refractivity contribution in [3.63, 3.8) is 0 Å². The molecule has 0 radical (unpaired) electrons. The van der Waals surface area contributed by atoms with Crippen LogP contribution < -0.4 is 15.4 Å². The fourth-order valence-electron chi connectivity index (χ4n) is 2.85. The molecule has 1 aromatic heterocycles. The summed E-state index contributed by atoms with van der Waals surface area (Å²) in [5.74, 6) is 0.861. The van der Waals surface area contributed by atoms with Crippen molar-refractivity contribution in [1.82, 2.24) is 9.97 Å². The van der Waals surface area contributed by atoms with Crippen LogP contribution in [0.15, 0.2) is 49.3 Å². The molecule has 7 nitrogen and oxygen atoms in total. The summed E-state index contributed by atoms with van der Waals surface area (Å²) < 4.78 is 10.9. The fourth-order valence-corrected chi connectivity index (χ4v) is 2.85. The van der Waals surface area contributed by atoms with Crippen molar-refractivity contribution in [2.24, 2.45) is 0 Å². The second kappa shape index (κ2) is 7.79. The van der Waals surface area contributed by atoms with Gasteiger partial charge in [0, 0.05) is 11.5 Å². The van der Waals surface area contributed by atoms with Gasteiger partial charge in [-0.2, -0.15) is 0 Å². The van der Waals surface area contributed by atoms with E-state index < -0.39 is 11.7 Å². The first-order valence-electron chi connectivity index (χ1n) is 9.07. The second-order valence-corrected chi connectivity index (χ2v) is 7.42. The number of nitrogen functional groups attached to an aromatic ring is 1. The number of nitrogens with two attached hydrogens (primary N) is 1. The molecule has 7 heteroatoms. The molecule has 0 atom stereocenters. The number of amides is 1. The van der Waals surface area contributed by atoms with E-state index in [1.165, 1.54) is 18.3 Å². The lowest BCUT2D eigenvalue weighted by molar-refractivity contribution is 0.0598. The number of hydrogen-bond acceptors (Lipinski definition) is 6. The zero-order valence-electron chi connectivity index (χ0n) is 17.0. The maximum Gasteiger partial charge on any atom is 0.420 e. The molecule has 1 amide bonds. The lowest BCUT2D eigenvalue weighted by atomic mass is 10.1. The number of carbonyl (C=O) groups is 1. The molecule has 0 bridgehead atoms. The van der Waals surface area contributed by atoms with Crippen LogP contribution in [0.1, 0.15) is 26.3 Å². The third-order valence-electron chi connectivity index (χ3n) is 4.12. The van der Waals surface area contributed by atoms with Gasteiger partial charge in [-0.1, -0.05) is 24.8 Å². The Labute approximate surface area is 169 Å². The Morgan fingerprint density at radius 1 is 1.21 bits per heavy atom. The molecule has 0 aliphatic carbocycles. The van der Waals surface area contributed by atoms with Gasteiger partial charge < -0.3 is 15.2 Å². The molecule has 0 aliphatic heterocycles. The standard InChI is InChI=1S/C22H24N4O3/c1-6-14-8-7-9-15(10-14)26(21(27)29-22(2,3)4)20-16-11-17(23)19(28-5)12-18(16)24-13-25-20/h6-13H,1,23H2,2-5H3. The van der Waals surface area contributed by atoms with Gasteiger partial charge in [0.15, 0.2) is 5.82 Å². The average molecular weight is 392 g/mol. The molecule has 2 N–H and O–H groups in total. The van der Waals surface area contributed by atoms with E-state index in [0.717, 1.165) is 5.56 Å². The Hall–Kier alpha value is -3.61. The Bertz CT molecular complexity index is 1070. The highest BCUT2D eigenvalue weighted by atomic mass is 16.6. The van der Waals surface area contributed by atoms with Crippen LogP contribution in [0.4, 0.5) is 22.0 Å². The Kier molecular flexibility index (Phi) is 5.41. The molecular formula is C22H24N4O3. The summed E-state index contributed by atoms with van der Waals surface area (Å²) in [4.78, 5) is 23.3. The van der Waals surface area contributed by atoms with Crippen molar-refractivity contribution in [2.75, 3.05) is 17.7 Å². The van der Waals surface area contributed by atoms with E-state index in [2.05, 4.69) is 16.5 Å². The Morgan fingerprint density at radius 2 is 1.97 bits per heavy atom. The maximum absolute atomic E-state index is 13.2. The van der Waals surface area contributed by atoms with E-state index in [-0.39, 0.29) is 0 Å². The van der Waals surface area contributed by atoms with Gasteiger partial charge in [-0.15, -0.1) is 0 Å². The highest BCUT2D eigenvalue weighted by molar-refractivity contribution is 6.04. The summed E-state index contributed by atoms with van der Waals surface area (Å²) in [5.41, 5.74) is 7.87. The number of carbonyl (C=O) groups excluding carboxylic acids is 1. The summed E-state index contributed by atoms with van der Waals surface area (Å²) in [6.07, 6.45) is 2.54. The lowest BCUT2D eigenvalue weighted by Gasteiger charge is -2.27. The maximum atomic E-state index is 13.2. The quantitative estimate of drug-likeness (QED) is 0.633. The van der Waals surface area contributed by atoms with Gasteiger partial charge in [0.05, 0.1) is 24.0 Å². The highest BCUT2D eigenvalue weighted by Gasteiger charge is 2.28. The van der Waals surface area contributed by atoms with Crippen LogP contribution in [-0.2, 0) is 4.74 Å². The van der Waals surface area contributed by atoms with Gasteiger partial charge in [0.25, 0.3) is 0 Å². The van der Waals surface area contributed by atoms with Crippen LogP contribution in [0.3, 0.4) is 0 Å². The number of rotatable bonds is 4. The largest absolute Gasteiger partial charge is 0.495 e. The van der Waals surface area contributed by atoms with Crippen molar-refractivity contribution < 1.29 is 14.3 Å². The minimum absolute atomic E-state index is 0.361. The molecule has 0 aliphatic rings. The molecule has 2 aromatic carbocycles. The van der Waals surface area contributed by atoms with Gasteiger partial charge in [0.2, 0.25) is 0 Å². The van der Waals surface area contributed by atoms with Crippen molar-refractivity contribution in [1.29, 1.82) is 0 Å². The molecule has 0 fully saturated rings. The van der Waals surface area contributed by atoms with E-state index in [1.807, 2.05) is 39.0 Å². The SMILES string of the molecule is C=Cc1cccc(N(C(=O)OC(C)(C)C)c2ncnc3cc(OC)c(N)cc23)c1. The van der Waals surface area contributed by atoms with Crippen molar-refractivity contribution in [2.45, 2.75) is 26.4 Å². The minimum atomic E-state index is -0.684. The smallest absolute Gasteiger partial charge is 0.420 e. The second-order valence-electron chi connectivity index (χ2n) is 7.42. The molecule has 0 spiro atoms. The molecule has 0 unspecified atom stereocenters. The summed E-state index contributed by atoms with van der Waals surface area (Å²) in [6.45, 7) is 9.23. The minimum Gasteiger partial charge on any atom is -0.495 e. The normalized spacial score (nSPS) is 11.2. The van der Waals surface area contributed by atoms with Gasteiger partial charge >= 0.3 is 6.09 Å². The van der Waals surface area contributed by atoms with Gasteiger partial charge in [-0.25, -0.2) is 19.7 Å². The predicted molar refractivity (Wildman–Crippen MR) is 115 cm³/mol. The third-order valence-corrected chi connectivity index (χ3v) is 4.12. The number of anilines is 3. The van der Waals surface area contributed by atoms with Crippen molar-refractivity contribution >= 4 is 40.3 Å². The summed E-state index contributed by atoms with van der Waals surface area (Å²) in [5, 5.41) is 0.598. The third kappa shape index (κ3) is 4.29. The van der Waals surface area contributed by atoms with Crippen LogP contribution in [0.5, 0.6) is 5.75 Å². The number of methoxy groups -OCH3 is 1. The molecule has 29 heavy (non-hydrogen) atoms.